The molecule has 0 aliphatic carbocycles. The Morgan fingerprint density at radius 1 is 1.00 bits per heavy atom. The van der Waals surface area contributed by atoms with Gasteiger partial charge in [-0.3, -0.25) is 4.79 Å². The molecular weight excluding hydrogens is 466 g/mol. The molecule has 5 nitrogen and oxygen atoms in total. The van der Waals surface area contributed by atoms with Crippen LogP contribution in [0.25, 0.3) is 22.2 Å². The van der Waals surface area contributed by atoms with Crippen molar-refractivity contribution < 1.29 is 9.53 Å². The van der Waals surface area contributed by atoms with Gasteiger partial charge in [-0.05, 0) is 31.2 Å². The fourth-order valence-corrected chi connectivity index (χ4v) is 4.01. The summed E-state index contributed by atoms with van der Waals surface area (Å²) in [6.45, 7) is 3.52. The van der Waals surface area contributed by atoms with Crippen LogP contribution in [0.2, 0.25) is 0 Å². The average molecular weight is 486 g/mol. The lowest BCUT2D eigenvalue weighted by Gasteiger charge is -2.19. The second-order valence-corrected chi connectivity index (χ2v) is 8.64. The number of aryl methyl sites for hydroxylation is 1. The lowest BCUT2D eigenvalue weighted by molar-refractivity contribution is -0.135. The highest BCUT2D eigenvalue weighted by molar-refractivity contribution is 9.10. The van der Waals surface area contributed by atoms with E-state index >= 15 is 0 Å². The van der Waals surface area contributed by atoms with Crippen LogP contribution in [-0.2, 0) is 9.53 Å². The Morgan fingerprint density at radius 3 is 2.44 bits per heavy atom. The summed E-state index contributed by atoms with van der Waals surface area (Å²) in [6.07, 6.45) is -0.605. The van der Waals surface area contributed by atoms with Crippen LogP contribution in [-0.4, -0.2) is 21.8 Å². The van der Waals surface area contributed by atoms with Crippen LogP contribution in [0.4, 0.5) is 0 Å². The summed E-state index contributed by atoms with van der Waals surface area (Å²) in [7, 11) is 0. The predicted molar refractivity (Wildman–Crippen MR) is 129 cm³/mol. The van der Waals surface area contributed by atoms with Crippen LogP contribution in [0.5, 0.6) is 0 Å². The number of carbonyl (C=O) groups excluding carboxylic acids is 1. The summed E-state index contributed by atoms with van der Waals surface area (Å²) in [5, 5.41) is 6.89. The number of fused-ring (bicyclic) bond motifs is 1. The topological polar surface area (TPSA) is 54.8 Å². The van der Waals surface area contributed by atoms with E-state index < -0.39 is 6.23 Å². The number of halogens is 1. The zero-order valence-electron chi connectivity index (χ0n) is 17.6. The number of hydrogen-bond acceptors (Lipinski definition) is 4. The van der Waals surface area contributed by atoms with Gasteiger partial charge >= 0.3 is 0 Å². The number of ether oxygens (including phenoxy) is 1. The molecular formula is C26H20BrN3O2. The molecule has 1 aliphatic rings. The van der Waals surface area contributed by atoms with Gasteiger partial charge < -0.3 is 4.74 Å². The van der Waals surface area contributed by atoms with Crippen molar-refractivity contribution in [1.82, 2.24) is 9.99 Å². The van der Waals surface area contributed by atoms with E-state index in [9.17, 15) is 4.79 Å². The van der Waals surface area contributed by atoms with Crippen molar-refractivity contribution in [3.63, 3.8) is 0 Å². The number of carbonyl (C=O) groups is 1. The third-order valence-electron chi connectivity index (χ3n) is 5.42. The molecule has 1 aromatic heterocycles. The molecule has 1 unspecified atom stereocenters. The Bertz CT molecular complexity index is 1350. The molecule has 0 saturated carbocycles. The first-order chi connectivity index (χ1) is 15.5. The quantitative estimate of drug-likeness (QED) is 0.346. The molecule has 1 amide bonds. The molecule has 6 heteroatoms. The molecule has 0 spiro atoms. The summed E-state index contributed by atoms with van der Waals surface area (Å²) in [5.74, 6) is 0.222. The van der Waals surface area contributed by atoms with Gasteiger partial charge in [-0.25, -0.2) is 4.98 Å². The second-order valence-electron chi connectivity index (χ2n) is 7.73. The van der Waals surface area contributed by atoms with Crippen molar-refractivity contribution in [2.45, 2.75) is 20.1 Å². The highest BCUT2D eigenvalue weighted by atomic mass is 79.9. The van der Waals surface area contributed by atoms with Crippen molar-refractivity contribution in [3.8, 4) is 11.3 Å². The number of benzene rings is 3. The Kier molecular flexibility index (Phi) is 5.23. The zero-order chi connectivity index (χ0) is 22.2. The molecule has 0 bridgehead atoms. The molecule has 5 rings (SSSR count). The SMILES string of the molecule is CC(=O)N1N=C(c2cc(-c3ccc(Br)cc3)nc3ccccc23)OC1c1ccc(C)cc1. The van der Waals surface area contributed by atoms with Gasteiger partial charge in [0.25, 0.3) is 0 Å². The first-order valence-electron chi connectivity index (χ1n) is 10.3. The van der Waals surface area contributed by atoms with Crippen molar-refractivity contribution in [2.75, 3.05) is 0 Å². The zero-order valence-corrected chi connectivity index (χ0v) is 19.2. The maximum atomic E-state index is 12.4. The third-order valence-corrected chi connectivity index (χ3v) is 5.94. The normalized spacial score (nSPS) is 15.5. The van der Waals surface area contributed by atoms with Gasteiger partial charge in [-0.2, -0.15) is 5.01 Å². The van der Waals surface area contributed by atoms with Crippen LogP contribution in [0.15, 0.2) is 88.4 Å². The first-order valence-corrected chi connectivity index (χ1v) is 11.1. The van der Waals surface area contributed by atoms with Crippen LogP contribution < -0.4 is 0 Å². The van der Waals surface area contributed by atoms with Gasteiger partial charge in [0.15, 0.2) is 0 Å². The number of nitrogens with zero attached hydrogens (tertiary/aromatic N) is 3. The van der Waals surface area contributed by atoms with E-state index in [4.69, 9.17) is 9.72 Å². The van der Waals surface area contributed by atoms with E-state index in [0.717, 1.165) is 43.3 Å². The molecule has 1 atom stereocenters. The summed E-state index contributed by atoms with van der Waals surface area (Å²) in [6, 6.07) is 25.8. The number of para-hydroxylation sites is 1. The second kappa shape index (κ2) is 8.20. The summed E-state index contributed by atoms with van der Waals surface area (Å²) in [4.78, 5) is 17.2. The van der Waals surface area contributed by atoms with E-state index in [1.165, 1.54) is 11.9 Å². The molecule has 158 valence electrons. The Balaban J connectivity index is 1.63. The molecule has 32 heavy (non-hydrogen) atoms. The molecule has 0 saturated heterocycles. The minimum Gasteiger partial charge on any atom is -0.446 e. The monoisotopic (exact) mass is 485 g/mol. The van der Waals surface area contributed by atoms with Gasteiger partial charge in [0.2, 0.25) is 18.0 Å². The van der Waals surface area contributed by atoms with Gasteiger partial charge in [-0.1, -0.05) is 76.1 Å². The smallest absolute Gasteiger partial charge is 0.243 e. The maximum Gasteiger partial charge on any atom is 0.243 e. The first kappa shape index (κ1) is 20.4. The highest BCUT2D eigenvalue weighted by Gasteiger charge is 2.33. The van der Waals surface area contributed by atoms with Crippen LogP contribution in [0.3, 0.4) is 0 Å². The Morgan fingerprint density at radius 2 is 1.72 bits per heavy atom. The maximum absolute atomic E-state index is 12.4. The number of aromatic nitrogens is 1. The van der Waals surface area contributed by atoms with Crippen molar-refractivity contribution in [1.29, 1.82) is 0 Å². The molecule has 0 fully saturated rings. The summed E-state index contributed by atoms with van der Waals surface area (Å²) < 4.78 is 7.29. The fourth-order valence-electron chi connectivity index (χ4n) is 3.74. The van der Waals surface area contributed by atoms with Crippen LogP contribution in [0.1, 0.15) is 29.8 Å². The van der Waals surface area contributed by atoms with Crippen LogP contribution in [0, 0.1) is 6.92 Å². The van der Waals surface area contributed by atoms with Crippen molar-refractivity contribution in [3.05, 3.63) is 100 Å². The summed E-state index contributed by atoms with van der Waals surface area (Å²) in [5.41, 5.74) is 5.44. The van der Waals surface area contributed by atoms with E-state index in [2.05, 4.69) is 21.0 Å². The number of rotatable bonds is 3. The van der Waals surface area contributed by atoms with E-state index in [1.807, 2.05) is 85.8 Å². The van der Waals surface area contributed by atoms with Crippen molar-refractivity contribution in [2.24, 2.45) is 5.10 Å². The predicted octanol–water partition coefficient (Wildman–Crippen LogP) is 6.21. The third kappa shape index (κ3) is 3.78. The molecule has 2 heterocycles. The molecule has 4 aromatic rings. The largest absolute Gasteiger partial charge is 0.446 e. The van der Waals surface area contributed by atoms with Gasteiger partial charge in [0.05, 0.1) is 11.2 Å². The minimum absolute atomic E-state index is 0.183. The number of pyridine rings is 1. The lowest BCUT2D eigenvalue weighted by atomic mass is 10.0. The van der Waals surface area contributed by atoms with Gasteiger partial charge in [-0.15, -0.1) is 5.10 Å². The van der Waals surface area contributed by atoms with Gasteiger partial charge in [0.1, 0.15) is 0 Å². The minimum atomic E-state index is -0.605. The average Bonchev–Trinajstić information content (AvgIpc) is 3.25. The number of hydrogen-bond donors (Lipinski definition) is 0. The highest BCUT2D eigenvalue weighted by Crippen LogP contribution is 2.34. The molecule has 0 N–H and O–H groups in total. The number of amides is 1. The summed E-state index contributed by atoms with van der Waals surface area (Å²) >= 11 is 3.48. The Labute approximate surface area is 194 Å². The van der Waals surface area contributed by atoms with Gasteiger partial charge in [0, 0.05) is 33.5 Å². The lowest BCUT2D eigenvalue weighted by Crippen LogP contribution is -2.25. The number of hydrazone groups is 1. The van der Waals surface area contributed by atoms with E-state index in [1.54, 1.807) is 0 Å². The molecule has 3 aromatic carbocycles. The standard InChI is InChI=1S/C26H20BrN3O2/c1-16-7-9-19(10-8-16)26-30(17(2)31)29-25(32-26)22-15-24(18-11-13-20(27)14-12-18)28-23-6-4-3-5-21(22)23/h3-15,26H,1-2H3. The van der Waals surface area contributed by atoms with E-state index in [-0.39, 0.29) is 5.91 Å². The molecule has 0 radical (unpaired) electrons. The van der Waals surface area contributed by atoms with Crippen molar-refractivity contribution >= 4 is 38.6 Å². The fraction of sp³-hybridized carbons (Fsp3) is 0.115. The molecule has 1 aliphatic heterocycles. The van der Waals surface area contributed by atoms with Crippen LogP contribution >= 0.6 is 15.9 Å². The van der Waals surface area contributed by atoms with E-state index in [0.29, 0.717) is 5.90 Å². The Hall–Kier alpha value is -3.51.